The first-order valence-electron chi connectivity index (χ1n) is 13.1. The van der Waals surface area contributed by atoms with Crippen LogP contribution in [-0.2, 0) is 5.41 Å². The molecule has 0 spiro atoms. The van der Waals surface area contributed by atoms with Gasteiger partial charge in [0.05, 0.1) is 17.8 Å². The van der Waals surface area contributed by atoms with E-state index in [1.54, 1.807) is 0 Å². The highest BCUT2D eigenvalue weighted by molar-refractivity contribution is 6.24. The molecule has 0 fully saturated rings. The van der Waals surface area contributed by atoms with Crippen LogP contribution >= 0.6 is 0 Å². The molecule has 0 radical (unpaired) electrons. The van der Waals surface area contributed by atoms with E-state index in [-0.39, 0.29) is 6.04 Å². The normalized spacial score (nSPS) is 12.8. The molecule has 0 aliphatic heterocycles. The van der Waals surface area contributed by atoms with Crippen LogP contribution in [0.3, 0.4) is 0 Å². The van der Waals surface area contributed by atoms with Gasteiger partial charge in [-0.25, -0.2) is 0 Å². The lowest BCUT2D eigenvalue weighted by molar-refractivity contribution is 0.434. The molecule has 1 unspecified atom stereocenters. The van der Waals surface area contributed by atoms with E-state index >= 15 is 0 Å². The number of nitrogens with zero attached hydrogens (tertiary/aromatic N) is 2. The van der Waals surface area contributed by atoms with Gasteiger partial charge in [-0.3, -0.25) is 4.99 Å². The van der Waals surface area contributed by atoms with Crippen LogP contribution in [0.4, 0.5) is 0 Å². The fraction of sp³-hybridized carbons (Fsp3) is 0.111. The Kier molecular flexibility index (Phi) is 6.42. The largest absolute Gasteiger partial charge is 0.276 e. The molecule has 1 atom stereocenters. The summed E-state index contributed by atoms with van der Waals surface area (Å²) in [6.07, 6.45) is 1.04. The van der Waals surface area contributed by atoms with E-state index in [1.165, 1.54) is 22.3 Å². The minimum absolute atomic E-state index is 0.154. The lowest BCUT2D eigenvalue weighted by Crippen LogP contribution is -2.30. The van der Waals surface area contributed by atoms with Gasteiger partial charge < -0.3 is 0 Å². The molecule has 1 aliphatic carbocycles. The van der Waals surface area contributed by atoms with Crippen LogP contribution in [-0.4, -0.2) is 5.71 Å². The van der Waals surface area contributed by atoms with Crippen LogP contribution in [0.15, 0.2) is 145 Å². The first-order valence-corrected chi connectivity index (χ1v) is 13.1. The lowest BCUT2D eigenvalue weighted by atomic mass is 9.68. The number of benzene rings is 5. The maximum atomic E-state index is 10.2. The highest BCUT2D eigenvalue weighted by Gasteiger charge is 2.38. The van der Waals surface area contributed by atoms with E-state index in [4.69, 9.17) is 4.99 Å². The van der Waals surface area contributed by atoms with Gasteiger partial charge in [0.1, 0.15) is 0 Å². The summed E-state index contributed by atoms with van der Waals surface area (Å²) in [7, 11) is 0. The summed E-state index contributed by atoms with van der Waals surface area (Å²) in [6, 6.07) is 50.9. The Morgan fingerprint density at radius 1 is 0.553 bits per heavy atom. The number of fused-ring (bicyclic) bond motifs is 3. The van der Waals surface area contributed by atoms with Crippen LogP contribution in [0.25, 0.3) is 11.1 Å². The zero-order valence-corrected chi connectivity index (χ0v) is 21.2. The maximum absolute atomic E-state index is 10.2. The fourth-order valence-electron chi connectivity index (χ4n) is 5.86. The number of hydrogen-bond acceptors (Lipinski definition) is 2. The number of rotatable bonds is 7. The summed E-state index contributed by atoms with van der Waals surface area (Å²) in [5, 5.41) is 10.2. The predicted molar refractivity (Wildman–Crippen MR) is 155 cm³/mol. The van der Waals surface area contributed by atoms with Crippen molar-refractivity contribution in [2.24, 2.45) is 4.99 Å². The minimum atomic E-state index is -0.514. The summed E-state index contributed by atoms with van der Waals surface area (Å²) in [4.78, 5) is 5.55. The molecule has 0 heterocycles. The molecule has 0 saturated heterocycles. The van der Waals surface area contributed by atoms with Crippen molar-refractivity contribution in [1.82, 2.24) is 0 Å². The molecule has 0 amide bonds. The van der Waals surface area contributed by atoms with Crippen LogP contribution < -0.4 is 0 Å². The average Bonchev–Trinajstić information content (AvgIpc) is 3.31. The Labute approximate surface area is 224 Å². The highest BCUT2D eigenvalue weighted by Crippen LogP contribution is 2.45. The van der Waals surface area contributed by atoms with E-state index < -0.39 is 5.41 Å². The van der Waals surface area contributed by atoms with Crippen molar-refractivity contribution in [3.05, 3.63) is 167 Å². The standard InChI is InChI=1S/C36H28N2/c37-25-24-36(28-16-6-2-7-17-28,29-18-8-3-9-19-29)26-34(27-14-4-1-5-15-27)38-35-32-22-12-10-20-30(32)31-21-11-13-23-33(31)35/h1-23,34H,24,26H2. The van der Waals surface area contributed by atoms with Gasteiger partial charge in [-0.2, -0.15) is 5.26 Å². The third-order valence-corrected chi connectivity index (χ3v) is 7.70. The first kappa shape index (κ1) is 23.6. The number of hydrogen-bond donors (Lipinski definition) is 0. The molecule has 38 heavy (non-hydrogen) atoms. The Hall–Kier alpha value is -4.74. The summed E-state index contributed by atoms with van der Waals surface area (Å²) in [6.45, 7) is 0. The second-order valence-electron chi connectivity index (χ2n) is 9.85. The molecule has 182 valence electrons. The summed E-state index contributed by atoms with van der Waals surface area (Å²) in [5.74, 6) is 0. The molecule has 5 aromatic carbocycles. The average molecular weight is 489 g/mol. The van der Waals surface area contributed by atoms with Crippen molar-refractivity contribution >= 4 is 5.71 Å². The predicted octanol–water partition coefficient (Wildman–Crippen LogP) is 8.54. The molecule has 2 nitrogen and oxygen atoms in total. The van der Waals surface area contributed by atoms with Crippen LogP contribution in [0, 0.1) is 11.3 Å². The Morgan fingerprint density at radius 2 is 0.974 bits per heavy atom. The van der Waals surface area contributed by atoms with E-state index in [9.17, 15) is 5.26 Å². The van der Waals surface area contributed by atoms with Crippen LogP contribution in [0.1, 0.15) is 46.7 Å². The Balaban J connectivity index is 1.57. The van der Waals surface area contributed by atoms with Gasteiger partial charge in [-0.05, 0) is 34.2 Å². The van der Waals surface area contributed by atoms with E-state index in [0.29, 0.717) is 12.8 Å². The third kappa shape index (κ3) is 4.23. The van der Waals surface area contributed by atoms with Crippen molar-refractivity contribution in [2.45, 2.75) is 24.3 Å². The van der Waals surface area contributed by atoms with Gasteiger partial charge in [0, 0.05) is 23.0 Å². The molecule has 2 heteroatoms. The number of nitriles is 1. The molecule has 1 aliphatic rings. The molecule has 5 aromatic rings. The van der Waals surface area contributed by atoms with E-state index in [1.807, 2.05) is 18.2 Å². The van der Waals surface area contributed by atoms with Crippen molar-refractivity contribution in [3.63, 3.8) is 0 Å². The third-order valence-electron chi connectivity index (χ3n) is 7.70. The van der Waals surface area contributed by atoms with Crippen molar-refractivity contribution in [1.29, 1.82) is 5.26 Å². The maximum Gasteiger partial charge on any atom is 0.0768 e. The van der Waals surface area contributed by atoms with E-state index in [0.717, 1.165) is 22.4 Å². The highest BCUT2D eigenvalue weighted by atomic mass is 14.8. The molecular weight excluding hydrogens is 460 g/mol. The second-order valence-corrected chi connectivity index (χ2v) is 9.85. The van der Waals surface area contributed by atoms with E-state index in [2.05, 4.69) is 127 Å². The van der Waals surface area contributed by atoms with Gasteiger partial charge in [-0.15, -0.1) is 0 Å². The van der Waals surface area contributed by atoms with Gasteiger partial charge in [0.25, 0.3) is 0 Å². The molecular formula is C36H28N2. The summed E-state index contributed by atoms with van der Waals surface area (Å²) >= 11 is 0. The SMILES string of the molecule is N#CCC(CC(N=C1c2ccccc2-c2ccccc21)c1ccccc1)(c1ccccc1)c1ccccc1. The molecule has 0 bridgehead atoms. The van der Waals surface area contributed by atoms with Gasteiger partial charge >= 0.3 is 0 Å². The molecule has 0 saturated carbocycles. The van der Waals surface area contributed by atoms with Crippen molar-refractivity contribution in [2.75, 3.05) is 0 Å². The van der Waals surface area contributed by atoms with Crippen molar-refractivity contribution in [3.8, 4) is 17.2 Å². The topological polar surface area (TPSA) is 36.1 Å². The Bertz CT molecular complexity index is 1530. The summed E-state index contributed by atoms with van der Waals surface area (Å²) in [5.41, 5.74) is 8.72. The fourth-order valence-corrected chi connectivity index (χ4v) is 5.86. The minimum Gasteiger partial charge on any atom is -0.276 e. The lowest BCUT2D eigenvalue weighted by Gasteiger charge is -2.36. The monoisotopic (exact) mass is 488 g/mol. The molecule has 0 N–H and O–H groups in total. The van der Waals surface area contributed by atoms with Crippen molar-refractivity contribution < 1.29 is 0 Å². The summed E-state index contributed by atoms with van der Waals surface area (Å²) < 4.78 is 0. The zero-order valence-electron chi connectivity index (χ0n) is 21.2. The smallest absolute Gasteiger partial charge is 0.0768 e. The number of aliphatic imine (C=N–C) groups is 1. The first-order chi connectivity index (χ1) is 18.8. The van der Waals surface area contributed by atoms with Gasteiger partial charge in [0.2, 0.25) is 0 Å². The van der Waals surface area contributed by atoms with Gasteiger partial charge in [0.15, 0.2) is 0 Å². The molecule has 6 rings (SSSR count). The quantitative estimate of drug-likeness (QED) is 0.222. The van der Waals surface area contributed by atoms with Crippen LogP contribution in [0.2, 0.25) is 0 Å². The Morgan fingerprint density at radius 3 is 1.45 bits per heavy atom. The zero-order chi connectivity index (χ0) is 25.8. The van der Waals surface area contributed by atoms with Gasteiger partial charge in [-0.1, -0.05) is 140 Å². The molecule has 0 aromatic heterocycles. The second kappa shape index (κ2) is 10.3. The van der Waals surface area contributed by atoms with Crippen LogP contribution in [0.5, 0.6) is 0 Å².